The molecule has 3 N–H and O–H groups in total. The minimum atomic E-state index is -1.15. The number of nitrogens with zero attached hydrogens (tertiary/aromatic N) is 1. The van der Waals surface area contributed by atoms with E-state index in [2.05, 4.69) is 22.6 Å². The fourth-order valence-corrected chi connectivity index (χ4v) is 3.07. The van der Waals surface area contributed by atoms with E-state index in [9.17, 15) is 14.4 Å². The number of terminal acetylenes is 1. The van der Waals surface area contributed by atoms with E-state index in [1.54, 1.807) is 11.0 Å². The van der Waals surface area contributed by atoms with E-state index in [1.807, 2.05) is 6.08 Å². The Kier molecular flexibility index (Phi) is 9.62. The number of allylic oxidation sites excluding steroid dienone is 1. The second-order valence-electron chi connectivity index (χ2n) is 6.50. The van der Waals surface area contributed by atoms with Crippen LogP contribution < -0.4 is 10.6 Å². The van der Waals surface area contributed by atoms with Crippen LogP contribution in [0.15, 0.2) is 23.8 Å². The molecule has 0 radical (unpaired) electrons. The lowest BCUT2D eigenvalue weighted by atomic mass is 9.96. The monoisotopic (exact) mass is 395 g/mol. The van der Waals surface area contributed by atoms with Crippen LogP contribution in [0.25, 0.3) is 0 Å². The van der Waals surface area contributed by atoms with Gasteiger partial charge < -0.3 is 20.6 Å². The van der Waals surface area contributed by atoms with E-state index in [1.165, 1.54) is 0 Å². The average molecular weight is 396 g/mol. The zero-order valence-corrected chi connectivity index (χ0v) is 16.0. The summed E-state index contributed by atoms with van der Waals surface area (Å²) in [5.41, 5.74) is 1.13. The number of halogens is 1. The van der Waals surface area contributed by atoms with E-state index in [-0.39, 0.29) is 37.2 Å². The van der Waals surface area contributed by atoms with Gasteiger partial charge in [-0.25, -0.2) is 4.79 Å². The number of carboxylic acid groups (broad SMARTS) is 1. The molecular weight excluding hydrogens is 370 g/mol. The van der Waals surface area contributed by atoms with Gasteiger partial charge in [0.15, 0.2) is 0 Å². The highest BCUT2D eigenvalue weighted by molar-refractivity contribution is 5.89. The topological polar surface area (TPSA) is 98.7 Å². The smallest absolute Gasteiger partial charge is 0.327 e. The minimum Gasteiger partial charge on any atom is -0.480 e. The summed E-state index contributed by atoms with van der Waals surface area (Å²) < 4.78 is 0. The molecule has 2 aliphatic rings. The number of carbonyl (C=O) groups excluding carboxylic acids is 2. The van der Waals surface area contributed by atoms with Crippen LogP contribution in [0.1, 0.15) is 25.7 Å². The molecule has 0 saturated carbocycles. The van der Waals surface area contributed by atoms with Gasteiger partial charge in [0, 0.05) is 32.1 Å². The van der Waals surface area contributed by atoms with Crippen molar-refractivity contribution in [2.45, 2.75) is 31.7 Å². The molecule has 8 heteroatoms. The van der Waals surface area contributed by atoms with Gasteiger partial charge in [0.25, 0.3) is 0 Å². The Morgan fingerprint density at radius 1 is 1.48 bits per heavy atom. The number of carbonyl (C=O) groups is 3. The summed E-state index contributed by atoms with van der Waals surface area (Å²) in [6, 6.07) is -1.09. The van der Waals surface area contributed by atoms with Crippen molar-refractivity contribution in [1.29, 1.82) is 0 Å². The van der Waals surface area contributed by atoms with Gasteiger partial charge in [0.2, 0.25) is 11.8 Å². The molecule has 0 unspecified atom stereocenters. The van der Waals surface area contributed by atoms with Crippen molar-refractivity contribution in [1.82, 2.24) is 15.5 Å². The molecule has 2 amide bonds. The fourth-order valence-electron chi connectivity index (χ4n) is 3.07. The first-order valence-corrected chi connectivity index (χ1v) is 8.84. The third-order valence-corrected chi connectivity index (χ3v) is 4.58. The zero-order valence-electron chi connectivity index (χ0n) is 15.1. The van der Waals surface area contributed by atoms with Gasteiger partial charge in [-0.15, -0.1) is 24.8 Å². The maximum absolute atomic E-state index is 12.4. The Morgan fingerprint density at radius 2 is 2.26 bits per heavy atom. The van der Waals surface area contributed by atoms with Crippen molar-refractivity contribution in [2.75, 3.05) is 26.2 Å². The van der Waals surface area contributed by atoms with Crippen molar-refractivity contribution in [2.24, 2.45) is 5.92 Å². The Labute approximate surface area is 165 Å². The van der Waals surface area contributed by atoms with Crippen molar-refractivity contribution in [3.63, 3.8) is 0 Å². The Bertz CT molecular complexity index is 654. The molecule has 27 heavy (non-hydrogen) atoms. The molecule has 1 saturated heterocycles. The van der Waals surface area contributed by atoms with Crippen LogP contribution in [-0.2, 0) is 14.4 Å². The normalized spacial score (nSPS) is 20.8. The van der Waals surface area contributed by atoms with E-state index < -0.39 is 17.9 Å². The predicted octanol–water partition coefficient (Wildman–Crippen LogP) is 0.715. The Morgan fingerprint density at radius 3 is 2.89 bits per heavy atom. The standard InChI is InChI=1S/C19H25N3O4.ClH/c1-2-4-16(19(25)26)21-18(24)15-5-3-12-22(13-15)17(23)7-6-14-8-10-20-11-9-14;/h1,6-8,15-16,20H,3-5,9-13H2,(H,21,24)(H,25,26);1H/b7-6+;/t15-,16+;/m1./s1. The second-order valence-corrected chi connectivity index (χ2v) is 6.50. The first kappa shape index (κ1) is 22.7. The van der Waals surface area contributed by atoms with E-state index in [4.69, 9.17) is 11.5 Å². The SMILES string of the molecule is C#CC[C@H](NC(=O)[C@@H]1CCCN(C(=O)/C=C/C2=CCNCC2)C1)C(=O)O.Cl. The number of hydrogen-bond donors (Lipinski definition) is 3. The van der Waals surface area contributed by atoms with E-state index >= 15 is 0 Å². The summed E-state index contributed by atoms with van der Waals surface area (Å²) in [6.07, 6.45) is 12.7. The first-order chi connectivity index (χ1) is 12.5. The summed E-state index contributed by atoms with van der Waals surface area (Å²) in [6.45, 7) is 2.60. The highest BCUT2D eigenvalue weighted by Crippen LogP contribution is 2.18. The van der Waals surface area contributed by atoms with Crippen LogP contribution in [0.5, 0.6) is 0 Å². The molecule has 0 aromatic heterocycles. The number of rotatable bonds is 6. The summed E-state index contributed by atoms with van der Waals surface area (Å²) in [5.74, 6) is 0.191. The molecule has 2 aliphatic heterocycles. The number of carboxylic acids is 1. The molecule has 0 aromatic rings. The molecule has 1 fully saturated rings. The minimum absolute atomic E-state index is 0. The van der Waals surface area contributed by atoms with Crippen molar-refractivity contribution >= 4 is 30.2 Å². The van der Waals surface area contributed by atoms with Gasteiger partial charge >= 0.3 is 5.97 Å². The molecule has 148 valence electrons. The lowest BCUT2D eigenvalue weighted by Crippen LogP contribution is -2.49. The maximum Gasteiger partial charge on any atom is 0.327 e. The molecule has 0 bridgehead atoms. The predicted molar refractivity (Wildman–Crippen MR) is 104 cm³/mol. The highest BCUT2D eigenvalue weighted by Gasteiger charge is 2.30. The van der Waals surface area contributed by atoms with Crippen LogP contribution in [0.2, 0.25) is 0 Å². The van der Waals surface area contributed by atoms with E-state index in [0.717, 1.165) is 25.1 Å². The molecule has 0 aliphatic carbocycles. The van der Waals surface area contributed by atoms with Gasteiger partial charge in [-0.05, 0) is 31.4 Å². The van der Waals surface area contributed by atoms with Gasteiger partial charge in [-0.3, -0.25) is 9.59 Å². The fraction of sp³-hybridized carbons (Fsp3) is 0.526. The number of hydrogen-bond acceptors (Lipinski definition) is 4. The molecular formula is C19H26ClN3O4. The number of piperidine rings is 1. The summed E-state index contributed by atoms with van der Waals surface area (Å²) >= 11 is 0. The highest BCUT2D eigenvalue weighted by atomic mass is 35.5. The molecule has 0 aromatic carbocycles. The van der Waals surface area contributed by atoms with Gasteiger partial charge in [-0.1, -0.05) is 12.2 Å². The third-order valence-electron chi connectivity index (χ3n) is 4.58. The first-order valence-electron chi connectivity index (χ1n) is 8.84. The number of aliphatic carboxylic acids is 1. The summed E-state index contributed by atoms with van der Waals surface area (Å²) in [7, 11) is 0. The van der Waals surface area contributed by atoms with E-state index in [0.29, 0.717) is 19.4 Å². The average Bonchev–Trinajstić information content (AvgIpc) is 2.66. The van der Waals surface area contributed by atoms with Crippen molar-refractivity contribution in [3.8, 4) is 12.3 Å². The third kappa shape index (κ3) is 7.08. The number of likely N-dealkylation sites (tertiary alicyclic amines) is 1. The number of nitrogens with one attached hydrogen (secondary N) is 2. The van der Waals surface area contributed by atoms with Gasteiger partial charge in [-0.2, -0.15) is 0 Å². The van der Waals surface area contributed by atoms with Crippen LogP contribution >= 0.6 is 12.4 Å². The lowest BCUT2D eigenvalue weighted by molar-refractivity contribution is -0.143. The van der Waals surface area contributed by atoms with Crippen molar-refractivity contribution in [3.05, 3.63) is 23.8 Å². The quantitative estimate of drug-likeness (QED) is 0.454. The molecule has 0 spiro atoms. The Balaban J connectivity index is 0.00000364. The van der Waals surface area contributed by atoms with Gasteiger partial charge in [0.1, 0.15) is 6.04 Å². The van der Waals surface area contributed by atoms with Crippen molar-refractivity contribution < 1.29 is 19.5 Å². The lowest BCUT2D eigenvalue weighted by Gasteiger charge is -2.32. The Hall–Kier alpha value is -2.30. The summed E-state index contributed by atoms with van der Waals surface area (Å²) in [4.78, 5) is 37.5. The molecule has 2 rings (SSSR count). The van der Waals surface area contributed by atoms with Crippen LogP contribution in [0.3, 0.4) is 0 Å². The van der Waals surface area contributed by atoms with Crippen LogP contribution in [0, 0.1) is 18.3 Å². The largest absolute Gasteiger partial charge is 0.480 e. The summed E-state index contributed by atoms with van der Waals surface area (Å²) in [5, 5.41) is 14.8. The van der Waals surface area contributed by atoms with Gasteiger partial charge in [0.05, 0.1) is 5.92 Å². The molecule has 2 heterocycles. The number of amides is 2. The maximum atomic E-state index is 12.4. The molecule has 7 nitrogen and oxygen atoms in total. The zero-order chi connectivity index (χ0) is 18.9. The molecule has 2 atom stereocenters. The van der Waals surface area contributed by atoms with Crippen LogP contribution in [-0.4, -0.2) is 60.0 Å². The van der Waals surface area contributed by atoms with Crippen LogP contribution in [0.4, 0.5) is 0 Å². The second kappa shape index (κ2) is 11.4.